The molecule has 16 heavy (non-hydrogen) atoms. The summed E-state index contributed by atoms with van der Waals surface area (Å²) >= 11 is 4.67. The van der Waals surface area contributed by atoms with Crippen LogP contribution in [0.1, 0.15) is 12.0 Å². The number of nitrogens with one attached hydrogen (secondary N) is 2. The highest BCUT2D eigenvalue weighted by Gasteiger charge is 2.19. The van der Waals surface area contributed by atoms with Gasteiger partial charge in [0.2, 0.25) is 5.91 Å². The van der Waals surface area contributed by atoms with E-state index in [-0.39, 0.29) is 16.7 Å². The number of carbonyl (C=O) groups is 1. The molecule has 0 radical (unpaired) electrons. The first-order chi connectivity index (χ1) is 7.56. The highest BCUT2D eigenvalue weighted by molar-refractivity contribution is 7.80. The van der Waals surface area contributed by atoms with Crippen LogP contribution in [0.25, 0.3) is 0 Å². The molecule has 1 aromatic rings. The van der Waals surface area contributed by atoms with Gasteiger partial charge in [-0.15, -0.1) is 0 Å². The van der Waals surface area contributed by atoms with Gasteiger partial charge in [-0.25, -0.2) is 4.39 Å². The quantitative estimate of drug-likeness (QED) is 0.647. The molecule has 2 rings (SSSR count). The molecule has 1 aliphatic heterocycles. The van der Waals surface area contributed by atoms with Crippen molar-refractivity contribution >= 4 is 34.6 Å². The Hall–Kier alpha value is -1.69. The lowest BCUT2D eigenvalue weighted by atomic mass is 10.0. The number of halogens is 1. The summed E-state index contributed by atoms with van der Waals surface area (Å²) in [4.78, 5) is 11.1. The Balaban J connectivity index is 2.38. The van der Waals surface area contributed by atoms with Crippen LogP contribution in [0.5, 0.6) is 0 Å². The summed E-state index contributed by atoms with van der Waals surface area (Å²) in [5.41, 5.74) is 6.80. The largest absolute Gasteiger partial charge is 0.376 e. The molecule has 1 heterocycles. The van der Waals surface area contributed by atoms with Gasteiger partial charge >= 0.3 is 0 Å². The second-order valence-corrected chi connectivity index (χ2v) is 3.97. The third-order valence-electron chi connectivity index (χ3n) is 2.33. The number of carbonyl (C=O) groups excluding carboxylic acids is 1. The average molecular weight is 239 g/mol. The highest BCUT2D eigenvalue weighted by Crippen LogP contribution is 2.28. The Kier molecular flexibility index (Phi) is 2.74. The lowest BCUT2D eigenvalue weighted by molar-refractivity contribution is -0.116. The van der Waals surface area contributed by atoms with Crippen molar-refractivity contribution in [2.24, 2.45) is 5.73 Å². The molecule has 84 valence electrons. The zero-order valence-electron chi connectivity index (χ0n) is 8.34. The molecule has 1 amide bonds. The van der Waals surface area contributed by atoms with E-state index in [2.05, 4.69) is 22.9 Å². The van der Waals surface area contributed by atoms with Gasteiger partial charge in [-0.3, -0.25) is 4.79 Å². The third-order valence-corrected chi connectivity index (χ3v) is 2.43. The fourth-order valence-corrected chi connectivity index (χ4v) is 1.78. The number of rotatable bonds is 1. The molecule has 0 saturated heterocycles. The molecular weight excluding hydrogens is 229 g/mol. The zero-order valence-corrected chi connectivity index (χ0v) is 9.16. The van der Waals surface area contributed by atoms with E-state index in [1.54, 1.807) is 6.07 Å². The molecule has 0 bridgehead atoms. The summed E-state index contributed by atoms with van der Waals surface area (Å²) < 4.78 is 13.6. The van der Waals surface area contributed by atoms with E-state index in [1.165, 1.54) is 6.07 Å². The predicted molar refractivity (Wildman–Crippen MR) is 63.8 cm³/mol. The predicted octanol–water partition coefficient (Wildman–Crippen LogP) is 1.37. The minimum Gasteiger partial charge on any atom is -0.376 e. The number of amides is 1. The SMILES string of the molecule is NC(=S)Nc1cc(F)c2c(c1)CCC(=O)N2. The van der Waals surface area contributed by atoms with Gasteiger partial charge in [0.15, 0.2) is 5.11 Å². The smallest absolute Gasteiger partial charge is 0.224 e. The van der Waals surface area contributed by atoms with Gasteiger partial charge in [-0.1, -0.05) is 0 Å². The van der Waals surface area contributed by atoms with Crippen LogP contribution in [0.4, 0.5) is 15.8 Å². The van der Waals surface area contributed by atoms with Crippen LogP contribution >= 0.6 is 12.2 Å². The van der Waals surface area contributed by atoms with Crippen molar-refractivity contribution in [1.29, 1.82) is 0 Å². The van der Waals surface area contributed by atoms with Crippen molar-refractivity contribution in [3.8, 4) is 0 Å². The topological polar surface area (TPSA) is 67.1 Å². The summed E-state index contributed by atoms with van der Waals surface area (Å²) in [6, 6.07) is 2.99. The first kappa shape index (κ1) is 10.8. The van der Waals surface area contributed by atoms with Gasteiger partial charge in [-0.05, 0) is 36.3 Å². The zero-order chi connectivity index (χ0) is 11.7. The molecule has 0 spiro atoms. The summed E-state index contributed by atoms with van der Waals surface area (Å²) in [6.45, 7) is 0. The number of benzene rings is 1. The van der Waals surface area contributed by atoms with Crippen molar-refractivity contribution in [3.63, 3.8) is 0 Å². The van der Waals surface area contributed by atoms with Gasteiger partial charge in [0.25, 0.3) is 0 Å². The van der Waals surface area contributed by atoms with Crippen LogP contribution < -0.4 is 16.4 Å². The van der Waals surface area contributed by atoms with Crippen molar-refractivity contribution in [1.82, 2.24) is 0 Å². The Morgan fingerprint density at radius 2 is 2.25 bits per heavy atom. The number of hydrogen-bond acceptors (Lipinski definition) is 2. The number of anilines is 2. The molecule has 0 fully saturated rings. The normalized spacial score (nSPS) is 13.9. The Morgan fingerprint density at radius 3 is 2.94 bits per heavy atom. The molecule has 0 atom stereocenters. The lowest BCUT2D eigenvalue weighted by Gasteiger charge is -2.18. The number of aryl methyl sites for hydroxylation is 1. The molecule has 4 nitrogen and oxygen atoms in total. The van der Waals surface area contributed by atoms with E-state index in [1.807, 2.05) is 0 Å². The van der Waals surface area contributed by atoms with Crippen LogP contribution in [0, 0.1) is 5.82 Å². The Labute approximate surface area is 97.0 Å². The van der Waals surface area contributed by atoms with Gasteiger partial charge in [-0.2, -0.15) is 0 Å². The molecule has 1 aliphatic rings. The monoisotopic (exact) mass is 239 g/mol. The van der Waals surface area contributed by atoms with Crippen molar-refractivity contribution < 1.29 is 9.18 Å². The lowest BCUT2D eigenvalue weighted by Crippen LogP contribution is -2.22. The third kappa shape index (κ3) is 2.11. The Bertz CT molecular complexity index is 475. The summed E-state index contributed by atoms with van der Waals surface area (Å²) in [6.07, 6.45) is 0.883. The number of hydrogen-bond donors (Lipinski definition) is 3. The molecule has 0 aliphatic carbocycles. The first-order valence-corrected chi connectivity index (χ1v) is 5.16. The van der Waals surface area contributed by atoms with Crippen LogP contribution in [0.15, 0.2) is 12.1 Å². The number of fused-ring (bicyclic) bond motifs is 1. The van der Waals surface area contributed by atoms with Crippen molar-refractivity contribution in [3.05, 3.63) is 23.5 Å². The van der Waals surface area contributed by atoms with Crippen molar-refractivity contribution in [2.45, 2.75) is 12.8 Å². The maximum Gasteiger partial charge on any atom is 0.224 e. The summed E-state index contributed by atoms with van der Waals surface area (Å²) in [5.74, 6) is -0.647. The van der Waals surface area contributed by atoms with Gasteiger partial charge in [0, 0.05) is 12.1 Å². The minimum atomic E-state index is -0.482. The van der Waals surface area contributed by atoms with E-state index in [0.717, 1.165) is 5.56 Å². The molecule has 4 N–H and O–H groups in total. The molecule has 1 aromatic carbocycles. The first-order valence-electron chi connectivity index (χ1n) is 4.75. The molecule has 0 unspecified atom stereocenters. The van der Waals surface area contributed by atoms with E-state index in [4.69, 9.17) is 5.73 Å². The van der Waals surface area contributed by atoms with Crippen LogP contribution in [-0.2, 0) is 11.2 Å². The van der Waals surface area contributed by atoms with E-state index in [9.17, 15) is 9.18 Å². The summed E-state index contributed by atoms with van der Waals surface area (Å²) in [5, 5.41) is 5.25. The fourth-order valence-electron chi connectivity index (χ4n) is 1.67. The van der Waals surface area contributed by atoms with Gasteiger partial charge in [0.05, 0.1) is 5.69 Å². The van der Waals surface area contributed by atoms with E-state index < -0.39 is 5.82 Å². The number of nitrogens with two attached hydrogens (primary N) is 1. The van der Waals surface area contributed by atoms with Crippen LogP contribution in [-0.4, -0.2) is 11.0 Å². The highest BCUT2D eigenvalue weighted by atomic mass is 32.1. The minimum absolute atomic E-state index is 0.0826. The van der Waals surface area contributed by atoms with Gasteiger partial charge < -0.3 is 16.4 Å². The fraction of sp³-hybridized carbons (Fsp3) is 0.200. The number of thiocarbonyl (C=S) groups is 1. The van der Waals surface area contributed by atoms with Crippen LogP contribution in [0.2, 0.25) is 0 Å². The van der Waals surface area contributed by atoms with Crippen LogP contribution in [0.3, 0.4) is 0 Å². The second-order valence-electron chi connectivity index (χ2n) is 3.53. The molecule has 0 saturated carbocycles. The van der Waals surface area contributed by atoms with E-state index >= 15 is 0 Å². The maximum absolute atomic E-state index is 13.6. The standard InChI is InChI=1S/C10H10FN3OS/c11-7-4-6(13-10(12)16)3-5-1-2-8(15)14-9(5)7/h3-4H,1-2H2,(H,14,15)(H3,12,13,16). The Morgan fingerprint density at radius 1 is 1.50 bits per heavy atom. The molecule has 6 heteroatoms. The van der Waals surface area contributed by atoms with E-state index in [0.29, 0.717) is 18.5 Å². The maximum atomic E-state index is 13.6. The van der Waals surface area contributed by atoms with Crippen molar-refractivity contribution in [2.75, 3.05) is 10.6 Å². The van der Waals surface area contributed by atoms with Gasteiger partial charge in [0.1, 0.15) is 5.82 Å². The second kappa shape index (κ2) is 4.05. The average Bonchev–Trinajstić information content (AvgIpc) is 2.18. The molecule has 0 aromatic heterocycles. The molecular formula is C10H10FN3OS. The summed E-state index contributed by atoms with van der Waals surface area (Å²) in [7, 11) is 0.